The molecule has 0 saturated carbocycles. The highest BCUT2D eigenvalue weighted by Crippen LogP contribution is 2.14. The fraction of sp³-hybridized carbons (Fsp3) is 0.636. The van der Waals surface area contributed by atoms with Crippen LogP contribution in [-0.4, -0.2) is 32.7 Å². The molecule has 1 heterocycles. The zero-order chi connectivity index (χ0) is 12.1. The van der Waals surface area contributed by atoms with Gasteiger partial charge in [-0.3, -0.25) is 4.21 Å². The predicted molar refractivity (Wildman–Crippen MR) is 68.3 cm³/mol. The molecule has 0 aromatic carbocycles. The van der Waals surface area contributed by atoms with Crippen LogP contribution >= 0.6 is 0 Å². The number of hydrogen-bond donors (Lipinski definition) is 1. The van der Waals surface area contributed by atoms with Gasteiger partial charge in [0.15, 0.2) is 0 Å². The number of rotatable bonds is 5. The number of aromatic nitrogens is 2. The highest BCUT2D eigenvalue weighted by molar-refractivity contribution is 7.84. The third-order valence-electron chi connectivity index (χ3n) is 2.14. The van der Waals surface area contributed by atoms with Crippen LogP contribution in [0.15, 0.2) is 6.07 Å². The smallest absolute Gasteiger partial charge is 0.223 e. The van der Waals surface area contributed by atoms with Crippen LogP contribution in [0.1, 0.15) is 31.2 Å². The maximum Gasteiger partial charge on any atom is 0.223 e. The number of aryl methyl sites for hydroxylation is 1. The Hall–Kier alpha value is -0.970. The highest BCUT2D eigenvalue weighted by Gasteiger charge is 2.05. The second kappa shape index (κ2) is 5.94. The first kappa shape index (κ1) is 13.1. The van der Waals surface area contributed by atoms with Crippen molar-refractivity contribution in [1.29, 1.82) is 0 Å². The van der Waals surface area contributed by atoms with Gasteiger partial charge in [0, 0.05) is 40.7 Å². The van der Waals surface area contributed by atoms with Crippen LogP contribution in [0, 0.1) is 6.92 Å². The van der Waals surface area contributed by atoms with Gasteiger partial charge in [-0.25, -0.2) is 9.97 Å². The Morgan fingerprint density at radius 3 is 2.69 bits per heavy atom. The summed E-state index contributed by atoms with van der Waals surface area (Å²) in [5.41, 5.74) is 1.99. The van der Waals surface area contributed by atoms with Gasteiger partial charge < -0.3 is 5.32 Å². The molecule has 0 aliphatic carbocycles. The fourth-order valence-corrected chi connectivity index (χ4v) is 1.66. The molecule has 0 bridgehead atoms. The van der Waals surface area contributed by atoms with Gasteiger partial charge in [0.05, 0.1) is 0 Å². The van der Waals surface area contributed by atoms with Crippen molar-refractivity contribution in [2.45, 2.75) is 26.7 Å². The van der Waals surface area contributed by atoms with Crippen molar-refractivity contribution >= 4 is 16.7 Å². The van der Waals surface area contributed by atoms with E-state index in [9.17, 15) is 4.21 Å². The third kappa shape index (κ3) is 4.26. The fourth-order valence-electron chi connectivity index (χ4n) is 1.27. The van der Waals surface area contributed by atoms with Crippen LogP contribution in [-0.2, 0) is 10.8 Å². The second-order valence-corrected chi connectivity index (χ2v) is 5.67. The zero-order valence-corrected chi connectivity index (χ0v) is 11.1. The molecule has 0 saturated heterocycles. The summed E-state index contributed by atoms with van der Waals surface area (Å²) in [6.45, 7) is 6.81. The highest BCUT2D eigenvalue weighted by atomic mass is 32.2. The molecule has 4 nitrogen and oxygen atoms in total. The van der Waals surface area contributed by atoms with Gasteiger partial charge in [0.25, 0.3) is 0 Å². The first-order chi connectivity index (χ1) is 7.49. The lowest BCUT2D eigenvalue weighted by molar-refractivity contribution is 0.687. The van der Waals surface area contributed by atoms with Crippen molar-refractivity contribution < 1.29 is 4.21 Å². The van der Waals surface area contributed by atoms with E-state index < -0.39 is 10.8 Å². The molecule has 0 radical (unpaired) electrons. The minimum absolute atomic E-state index is 0.391. The summed E-state index contributed by atoms with van der Waals surface area (Å²) >= 11 is 0. The summed E-state index contributed by atoms with van der Waals surface area (Å²) in [4.78, 5) is 8.70. The summed E-state index contributed by atoms with van der Waals surface area (Å²) in [5, 5.41) is 3.10. The first-order valence-corrected chi connectivity index (χ1v) is 7.11. The molecule has 1 unspecified atom stereocenters. The van der Waals surface area contributed by atoms with E-state index in [-0.39, 0.29) is 0 Å². The van der Waals surface area contributed by atoms with Crippen molar-refractivity contribution in [2.75, 3.05) is 23.9 Å². The average Bonchev–Trinajstić information content (AvgIpc) is 2.16. The Morgan fingerprint density at radius 2 is 2.12 bits per heavy atom. The van der Waals surface area contributed by atoms with Gasteiger partial charge in [-0.1, -0.05) is 13.8 Å². The maximum absolute atomic E-state index is 10.9. The maximum atomic E-state index is 10.9. The lowest BCUT2D eigenvalue weighted by atomic mass is 10.1. The molecule has 0 spiro atoms. The largest absolute Gasteiger partial charge is 0.353 e. The van der Waals surface area contributed by atoms with Crippen LogP contribution in [0.5, 0.6) is 0 Å². The SMILES string of the molecule is Cc1cc(C(C)C)nc(NCCS(C)=O)n1. The topological polar surface area (TPSA) is 54.9 Å². The van der Waals surface area contributed by atoms with Gasteiger partial charge in [-0.2, -0.15) is 0 Å². The van der Waals surface area contributed by atoms with Crippen molar-refractivity contribution in [3.8, 4) is 0 Å². The Labute approximate surface area is 99.3 Å². The molecule has 16 heavy (non-hydrogen) atoms. The number of nitrogens with one attached hydrogen (secondary N) is 1. The lowest BCUT2D eigenvalue weighted by Crippen LogP contribution is -2.13. The molecule has 1 rings (SSSR count). The molecule has 0 aliphatic heterocycles. The Kier molecular flexibility index (Phi) is 4.86. The Balaban J connectivity index is 2.69. The molecule has 1 aromatic rings. The van der Waals surface area contributed by atoms with Crippen molar-refractivity contribution in [2.24, 2.45) is 0 Å². The summed E-state index contributed by atoms with van der Waals surface area (Å²) < 4.78 is 10.9. The molecule has 1 atom stereocenters. The number of hydrogen-bond acceptors (Lipinski definition) is 4. The molecule has 1 aromatic heterocycles. The molecule has 0 fully saturated rings. The van der Waals surface area contributed by atoms with Crippen molar-refractivity contribution in [3.05, 3.63) is 17.5 Å². The molecule has 1 N–H and O–H groups in total. The van der Waals surface area contributed by atoms with Gasteiger partial charge in [0.1, 0.15) is 0 Å². The van der Waals surface area contributed by atoms with E-state index in [0.717, 1.165) is 11.4 Å². The second-order valence-electron chi connectivity index (χ2n) is 4.12. The van der Waals surface area contributed by atoms with Crippen molar-refractivity contribution in [1.82, 2.24) is 9.97 Å². The van der Waals surface area contributed by atoms with Crippen LogP contribution in [0.4, 0.5) is 5.95 Å². The summed E-state index contributed by atoms with van der Waals surface area (Å²) in [6.07, 6.45) is 1.69. The molecular formula is C11H19N3OS. The molecule has 5 heteroatoms. The standard InChI is InChI=1S/C11H19N3OS/c1-8(2)10-7-9(3)13-11(14-10)12-5-6-16(4)15/h7-8H,5-6H2,1-4H3,(H,12,13,14). The zero-order valence-electron chi connectivity index (χ0n) is 10.3. The Bertz CT molecular complexity index is 379. The van der Waals surface area contributed by atoms with Crippen molar-refractivity contribution in [3.63, 3.8) is 0 Å². The predicted octanol–water partition coefficient (Wildman–Crippen LogP) is 1.70. The molecule has 0 amide bonds. The van der Waals surface area contributed by atoms with E-state index in [1.165, 1.54) is 0 Å². The lowest BCUT2D eigenvalue weighted by Gasteiger charge is -2.09. The normalized spacial score (nSPS) is 12.8. The van der Waals surface area contributed by atoms with Gasteiger partial charge in [-0.15, -0.1) is 0 Å². The van der Waals surface area contributed by atoms with Crippen LogP contribution in [0.25, 0.3) is 0 Å². The molecular weight excluding hydrogens is 222 g/mol. The minimum Gasteiger partial charge on any atom is -0.353 e. The van der Waals surface area contributed by atoms with E-state index in [2.05, 4.69) is 29.1 Å². The van der Waals surface area contributed by atoms with Crippen LogP contribution in [0.3, 0.4) is 0 Å². The minimum atomic E-state index is -0.777. The monoisotopic (exact) mass is 241 g/mol. The summed E-state index contributed by atoms with van der Waals surface area (Å²) in [6, 6.07) is 1.99. The van der Waals surface area contributed by atoms with Crippen LogP contribution in [0.2, 0.25) is 0 Å². The average molecular weight is 241 g/mol. The van der Waals surface area contributed by atoms with E-state index in [0.29, 0.717) is 24.2 Å². The van der Waals surface area contributed by atoms with Gasteiger partial charge >= 0.3 is 0 Å². The third-order valence-corrected chi connectivity index (χ3v) is 2.92. The molecule has 90 valence electrons. The number of nitrogens with zero attached hydrogens (tertiary/aromatic N) is 2. The van der Waals surface area contributed by atoms with Crippen LogP contribution < -0.4 is 5.32 Å². The summed E-state index contributed by atoms with van der Waals surface area (Å²) in [5.74, 6) is 1.64. The van der Waals surface area contributed by atoms with Gasteiger partial charge in [-0.05, 0) is 18.9 Å². The van der Waals surface area contributed by atoms with E-state index in [1.807, 2.05) is 13.0 Å². The van der Waals surface area contributed by atoms with E-state index >= 15 is 0 Å². The Morgan fingerprint density at radius 1 is 1.44 bits per heavy atom. The first-order valence-electron chi connectivity index (χ1n) is 5.38. The number of anilines is 1. The van der Waals surface area contributed by atoms with E-state index in [4.69, 9.17) is 0 Å². The van der Waals surface area contributed by atoms with E-state index in [1.54, 1.807) is 6.26 Å². The van der Waals surface area contributed by atoms with Gasteiger partial charge in [0.2, 0.25) is 5.95 Å². The summed E-state index contributed by atoms with van der Waals surface area (Å²) in [7, 11) is -0.777. The molecule has 0 aliphatic rings. The quantitative estimate of drug-likeness (QED) is 0.852.